The quantitative estimate of drug-likeness (QED) is 0.735. The maximum atomic E-state index is 13.0. The molecule has 0 radical (unpaired) electrons. The number of amides is 1. The van der Waals surface area contributed by atoms with Crippen LogP contribution in [0.1, 0.15) is 16.1 Å². The number of rotatable bonds is 4. The SMILES string of the molecule is CN(C(=O)c1ccc(=O)n(Cc2ccccc2)n1)c1ccc(F)cc1. The molecule has 0 saturated carbocycles. The summed E-state index contributed by atoms with van der Waals surface area (Å²) in [4.78, 5) is 26.0. The first-order chi connectivity index (χ1) is 12.0. The maximum absolute atomic E-state index is 13.0. The first-order valence-corrected chi connectivity index (χ1v) is 7.70. The summed E-state index contributed by atoms with van der Waals surface area (Å²) in [5.41, 5.74) is 1.30. The molecule has 0 aliphatic rings. The van der Waals surface area contributed by atoms with Gasteiger partial charge in [0, 0.05) is 18.8 Å². The Kier molecular flexibility index (Phi) is 4.70. The first kappa shape index (κ1) is 16.6. The van der Waals surface area contributed by atoms with Crippen molar-refractivity contribution in [1.82, 2.24) is 9.78 Å². The third-order valence-electron chi connectivity index (χ3n) is 3.78. The minimum atomic E-state index is -0.381. The Hall–Kier alpha value is -3.28. The van der Waals surface area contributed by atoms with Gasteiger partial charge in [0.2, 0.25) is 0 Å². The van der Waals surface area contributed by atoms with E-state index in [9.17, 15) is 14.0 Å². The van der Waals surface area contributed by atoms with Gasteiger partial charge in [-0.3, -0.25) is 9.59 Å². The molecule has 0 bridgehead atoms. The number of carbonyl (C=O) groups is 1. The van der Waals surface area contributed by atoms with Crippen LogP contribution in [0.3, 0.4) is 0 Å². The van der Waals surface area contributed by atoms with Crippen LogP contribution in [0.2, 0.25) is 0 Å². The zero-order valence-corrected chi connectivity index (χ0v) is 13.6. The molecule has 2 aromatic carbocycles. The second kappa shape index (κ2) is 7.09. The van der Waals surface area contributed by atoms with Crippen molar-refractivity contribution in [2.75, 3.05) is 11.9 Å². The van der Waals surface area contributed by atoms with E-state index in [0.29, 0.717) is 5.69 Å². The summed E-state index contributed by atoms with van der Waals surface area (Å²) >= 11 is 0. The van der Waals surface area contributed by atoms with E-state index in [0.717, 1.165) is 5.56 Å². The summed E-state index contributed by atoms with van der Waals surface area (Å²) in [6.45, 7) is 0.279. The van der Waals surface area contributed by atoms with E-state index < -0.39 is 0 Å². The van der Waals surface area contributed by atoms with E-state index in [1.807, 2.05) is 30.3 Å². The normalized spacial score (nSPS) is 10.5. The molecule has 1 heterocycles. The van der Waals surface area contributed by atoms with E-state index in [1.54, 1.807) is 7.05 Å². The Labute approximate surface area is 144 Å². The summed E-state index contributed by atoms with van der Waals surface area (Å²) in [6.07, 6.45) is 0. The molecule has 3 rings (SSSR count). The zero-order chi connectivity index (χ0) is 17.8. The lowest BCUT2D eigenvalue weighted by molar-refractivity contribution is 0.0986. The minimum absolute atomic E-state index is 0.141. The number of hydrogen-bond donors (Lipinski definition) is 0. The number of aromatic nitrogens is 2. The Bertz CT molecular complexity index is 937. The third kappa shape index (κ3) is 3.80. The average molecular weight is 337 g/mol. The van der Waals surface area contributed by atoms with Crippen molar-refractivity contribution >= 4 is 11.6 Å². The molecule has 1 amide bonds. The van der Waals surface area contributed by atoms with Gasteiger partial charge in [0.25, 0.3) is 11.5 Å². The molecule has 0 atom stereocenters. The zero-order valence-electron chi connectivity index (χ0n) is 13.6. The van der Waals surface area contributed by atoms with Crippen LogP contribution in [0.5, 0.6) is 0 Å². The van der Waals surface area contributed by atoms with Gasteiger partial charge in [0.05, 0.1) is 6.54 Å². The van der Waals surface area contributed by atoms with Gasteiger partial charge >= 0.3 is 0 Å². The van der Waals surface area contributed by atoms with Gasteiger partial charge in [-0.2, -0.15) is 5.10 Å². The Morgan fingerprint density at radius 3 is 2.40 bits per heavy atom. The molecule has 3 aromatic rings. The summed E-state index contributed by atoms with van der Waals surface area (Å²) < 4.78 is 14.3. The molecule has 1 aromatic heterocycles. The van der Waals surface area contributed by atoms with E-state index in [-0.39, 0.29) is 29.5 Å². The highest BCUT2D eigenvalue weighted by Gasteiger charge is 2.16. The van der Waals surface area contributed by atoms with Crippen molar-refractivity contribution < 1.29 is 9.18 Å². The number of benzene rings is 2. The predicted molar refractivity (Wildman–Crippen MR) is 93.2 cm³/mol. The van der Waals surface area contributed by atoms with E-state index in [2.05, 4.69) is 5.10 Å². The molecular formula is C19H16FN3O2. The van der Waals surface area contributed by atoms with Crippen molar-refractivity contribution in [3.8, 4) is 0 Å². The van der Waals surface area contributed by atoms with Gasteiger partial charge in [-0.25, -0.2) is 9.07 Å². The average Bonchev–Trinajstić information content (AvgIpc) is 2.64. The molecule has 0 aliphatic heterocycles. The second-order valence-corrected chi connectivity index (χ2v) is 5.54. The van der Waals surface area contributed by atoms with Gasteiger partial charge < -0.3 is 4.90 Å². The van der Waals surface area contributed by atoms with Crippen LogP contribution < -0.4 is 10.5 Å². The molecule has 0 N–H and O–H groups in total. The summed E-state index contributed by atoms with van der Waals surface area (Å²) in [7, 11) is 1.57. The van der Waals surface area contributed by atoms with Gasteiger partial charge in [0.1, 0.15) is 11.5 Å². The van der Waals surface area contributed by atoms with Gasteiger partial charge in [0.15, 0.2) is 0 Å². The molecule has 0 saturated heterocycles. The van der Waals surface area contributed by atoms with Gasteiger partial charge in [-0.05, 0) is 35.9 Å². The maximum Gasteiger partial charge on any atom is 0.278 e. The van der Waals surface area contributed by atoms with Crippen molar-refractivity contribution in [1.29, 1.82) is 0 Å². The summed E-state index contributed by atoms with van der Waals surface area (Å²) in [6, 6.07) is 17.7. The molecule has 0 fully saturated rings. The Morgan fingerprint density at radius 1 is 1.04 bits per heavy atom. The minimum Gasteiger partial charge on any atom is -0.310 e. The molecule has 126 valence electrons. The molecule has 0 spiro atoms. The number of carbonyl (C=O) groups excluding carboxylic acids is 1. The smallest absolute Gasteiger partial charge is 0.278 e. The lowest BCUT2D eigenvalue weighted by Gasteiger charge is -2.17. The molecule has 25 heavy (non-hydrogen) atoms. The van der Waals surface area contributed by atoms with Crippen LogP contribution in [0.4, 0.5) is 10.1 Å². The molecule has 0 aliphatic carbocycles. The standard InChI is InChI=1S/C19H16FN3O2/c1-22(16-9-7-15(20)8-10-16)19(25)17-11-12-18(24)23(21-17)13-14-5-3-2-4-6-14/h2-12H,13H2,1H3. The highest BCUT2D eigenvalue weighted by atomic mass is 19.1. The van der Waals surface area contributed by atoms with E-state index in [1.165, 1.54) is 46.0 Å². The molecule has 0 unspecified atom stereocenters. The van der Waals surface area contributed by atoms with Crippen molar-refractivity contribution in [2.45, 2.75) is 6.54 Å². The third-order valence-corrected chi connectivity index (χ3v) is 3.78. The Morgan fingerprint density at radius 2 is 1.72 bits per heavy atom. The van der Waals surface area contributed by atoms with Crippen LogP contribution in [0.25, 0.3) is 0 Å². The van der Waals surface area contributed by atoms with Crippen LogP contribution in [-0.2, 0) is 6.54 Å². The summed E-state index contributed by atoms with van der Waals surface area (Å²) in [5.74, 6) is -0.757. The van der Waals surface area contributed by atoms with Gasteiger partial charge in [-0.15, -0.1) is 0 Å². The predicted octanol–water partition coefficient (Wildman–Crippen LogP) is 2.71. The fourth-order valence-electron chi connectivity index (χ4n) is 2.39. The number of nitrogens with zero attached hydrogens (tertiary/aromatic N) is 3. The van der Waals surface area contributed by atoms with Crippen LogP contribution in [0, 0.1) is 5.82 Å². The topological polar surface area (TPSA) is 55.2 Å². The highest BCUT2D eigenvalue weighted by Crippen LogP contribution is 2.15. The number of halogens is 1. The fourth-order valence-corrected chi connectivity index (χ4v) is 2.39. The monoisotopic (exact) mass is 337 g/mol. The lowest BCUT2D eigenvalue weighted by Crippen LogP contribution is -2.31. The molecule has 6 heteroatoms. The van der Waals surface area contributed by atoms with Crippen molar-refractivity contribution in [3.05, 3.63) is 94.2 Å². The van der Waals surface area contributed by atoms with Gasteiger partial charge in [-0.1, -0.05) is 30.3 Å². The fraction of sp³-hybridized carbons (Fsp3) is 0.105. The molecular weight excluding hydrogens is 321 g/mol. The molecule has 5 nitrogen and oxygen atoms in total. The van der Waals surface area contributed by atoms with E-state index in [4.69, 9.17) is 0 Å². The summed E-state index contributed by atoms with van der Waals surface area (Å²) in [5, 5.41) is 4.17. The van der Waals surface area contributed by atoms with Crippen LogP contribution in [-0.4, -0.2) is 22.7 Å². The van der Waals surface area contributed by atoms with E-state index >= 15 is 0 Å². The Balaban J connectivity index is 1.87. The van der Waals surface area contributed by atoms with Crippen LogP contribution in [0.15, 0.2) is 71.5 Å². The highest BCUT2D eigenvalue weighted by molar-refractivity contribution is 6.04. The van der Waals surface area contributed by atoms with Crippen molar-refractivity contribution in [2.24, 2.45) is 0 Å². The largest absolute Gasteiger partial charge is 0.310 e. The lowest BCUT2D eigenvalue weighted by atomic mass is 10.2. The number of hydrogen-bond acceptors (Lipinski definition) is 3. The first-order valence-electron chi connectivity index (χ1n) is 7.70. The number of anilines is 1. The van der Waals surface area contributed by atoms with Crippen LogP contribution >= 0.6 is 0 Å². The van der Waals surface area contributed by atoms with Crippen molar-refractivity contribution in [3.63, 3.8) is 0 Å². The second-order valence-electron chi connectivity index (χ2n) is 5.54.